The van der Waals surface area contributed by atoms with Crippen LogP contribution in [0, 0.1) is 3.57 Å². The zero-order valence-corrected chi connectivity index (χ0v) is 16.0. The molecule has 0 saturated carbocycles. The van der Waals surface area contributed by atoms with Gasteiger partial charge < -0.3 is 20.5 Å². The van der Waals surface area contributed by atoms with Crippen LogP contribution in [0.4, 0.5) is 0 Å². The van der Waals surface area contributed by atoms with Crippen LogP contribution in [0.1, 0.15) is 11.1 Å². The van der Waals surface area contributed by atoms with Gasteiger partial charge in [-0.1, -0.05) is 29.7 Å². The van der Waals surface area contributed by atoms with E-state index >= 15 is 0 Å². The third-order valence-electron chi connectivity index (χ3n) is 3.36. The molecule has 0 aromatic heterocycles. The van der Waals surface area contributed by atoms with E-state index in [4.69, 9.17) is 17.0 Å². The predicted octanol–water partition coefficient (Wildman–Crippen LogP) is 1.43. The Morgan fingerprint density at radius 2 is 1.87 bits per heavy atom. The lowest BCUT2D eigenvalue weighted by atomic mass is 9.95. The number of phenols is 1. The molecule has 0 saturated heterocycles. The van der Waals surface area contributed by atoms with Crippen molar-refractivity contribution in [1.82, 2.24) is 10.6 Å². The number of hydrogen-bond donors (Lipinski definition) is 3. The van der Waals surface area contributed by atoms with Gasteiger partial charge in [0.1, 0.15) is 7.85 Å². The molecule has 4 nitrogen and oxygen atoms in total. The normalized spacial score (nSPS) is 10.2. The lowest BCUT2D eigenvalue weighted by molar-refractivity contribution is 0.372. The fourth-order valence-corrected chi connectivity index (χ4v) is 2.80. The average Bonchev–Trinajstić information content (AvgIpc) is 2.53. The topological polar surface area (TPSA) is 53.5 Å². The lowest BCUT2D eigenvalue weighted by Gasteiger charge is -2.13. The standard InChI is InChI=1S/C16H18BIN2O2S/c1-22-15-6-11(13(18)7-14(15)21)9-20-16(23)19-8-10-2-4-12(17)5-3-10/h2-7,21H,8-9,17H2,1H3,(H2,19,20,23). The molecule has 0 bridgehead atoms. The highest BCUT2D eigenvalue weighted by Gasteiger charge is 2.08. The molecular formula is C16H18BIN2O2S. The lowest BCUT2D eigenvalue weighted by Crippen LogP contribution is -2.34. The highest BCUT2D eigenvalue weighted by molar-refractivity contribution is 14.1. The first-order valence-corrected chi connectivity index (χ1v) is 8.61. The van der Waals surface area contributed by atoms with Crippen molar-refractivity contribution >= 4 is 53.2 Å². The molecule has 3 N–H and O–H groups in total. The second-order valence-electron chi connectivity index (χ2n) is 5.14. The third-order valence-corrected chi connectivity index (χ3v) is 4.65. The van der Waals surface area contributed by atoms with Gasteiger partial charge in [0.25, 0.3) is 0 Å². The number of rotatable bonds is 5. The molecule has 0 atom stereocenters. The molecule has 120 valence electrons. The van der Waals surface area contributed by atoms with Gasteiger partial charge in [-0.05, 0) is 58.1 Å². The maximum atomic E-state index is 9.73. The first kappa shape index (κ1) is 17.9. The third kappa shape index (κ3) is 5.28. The van der Waals surface area contributed by atoms with Gasteiger partial charge in [0, 0.05) is 16.7 Å². The van der Waals surface area contributed by atoms with Crippen LogP contribution in [-0.2, 0) is 13.1 Å². The summed E-state index contributed by atoms with van der Waals surface area (Å²) in [4.78, 5) is 0. The fourth-order valence-electron chi connectivity index (χ4n) is 2.01. The number of halogens is 1. The Morgan fingerprint density at radius 1 is 1.22 bits per heavy atom. The predicted molar refractivity (Wildman–Crippen MR) is 108 cm³/mol. The van der Waals surface area contributed by atoms with Gasteiger partial charge in [-0.15, -0.1) is 0 Å². The molecule has 0 spiro atoms. The summed E-state index contributed by atoms with van der Waals surface area (Å²) in [7, 11) is 3.60. The minimum absolute atomic E-state index is 0.140. The van der Waals surface area contributed by atoms with E-state index in [-0.39, 0.29) is 5.75 Å². The molecule has 0 aliphatic heterocycles. The van der Waals surface area contributed by atoms with E-state index in [2.05, 4.69) is 65.3 Å². The van der Waals surface area contributed by atoms with Crippen LogP contribution in [0.25, 0.3) is 0 Å². The Morgan fingerprint density at radius 3 is 2.52 bits per heavy atom. The number of nitrogens with one attached hydrogen (secondary N) is 2. The summed E-state index contributed by atoms with van der Waals surface area (Å²) in [5.41, 5.74) is 3.44. The summed E-state index contributed by atoms with van der Waals surface area (Å²) >= 11 is 7.48. The summed E-state index contributed by atoms with van der Waals surface area (Å²) < 4.78 is 6.09. The molecule has 0 radical (unpaired) electrons. The van der Waals surface area contributed by atoms with Crippen LogP contribution in [0.2, 0.25) is 0 Å². The van der Waals surface area contributed by atoms with Gasteiger partial charge >= 0.3 is 0 Å². The Balaban J connectivity index is 1.88. The van der Waals surface area contributed by atoms with E-state index in [9.17, 15) is 5.11 Å². The monoisotopic (exact) mass is 440 g/mol. The maximum absolute atomic E-state index is 9.73. The van der Waals surface area contributed by atoms with Crippen LogP contribution in [-0.4, -0.2) is 25.2 Å². The van der Waals surface area contributed by atoms with Crippen LogP contribution in [0.3, 0.4) is 0 Å². The SMILES string of the molecule is Bc1ccc(CNC(=S)NCc2cc(OC)c(O)cc2I)cc1. The van der Waals surface area contributed by atoms with Crippen molar-refractivity contribution in [1.29, 1.82) is 0 Å². The summed E-state index contributed by atoms with van der Waals surface area (Å²) in [5.74, 6) is 0.599. The van der Waals surface area contributed by atoms with Gasteiger partial charge in [-0.25, -0.2) is 0 Å². The van der Waals surface area contributed by atoms with E-state index in [1.54, 1.807) is 6.07 Å². The summed E-state index contributed by atoms with van der Waals surface area (Å²) in [6.45, 7) is 1.25. The van der Waals surface area contributed by atoms with Crippen LogP contribution in [0.15, 0.2) is 36.4 Å². The Hall–Kier alpha value is -1.48. The fraction of sp³-hybridized carbons (Fsp3) is 0.188. The molecule has 0 heterocycles. The van der Waals surface area contributed by atoms with E-state index in [1.807, 2.05) is 6.07 Å². The zero-order chi connectivity index (χ0) is 16.8. The molecule has 0 aliphatic carbocycles. The van der Waals surface area contributed by atoms with Crippen molar-refractivity contribution in [3.05, 3.63) is 51.1 Å². The Bertz CT molecular complexity index is 695. The summed E-state index contributed by atoms with van der Waals surface area (Å²) in [6, 6.07) is 11.8. The maximum Gasteiger partial charge on any atom is 0.166 e. The first-order valence-electron chi connectivity index (χ1n) is 7.12. The quantitative estimate of drug-likeness (QED) is 0.374. The largest absolute Gasteiger partial charge is 0.504 e. The molecule has 2 rings (SSSR count). The molecule has 2 aromatic carbocycles. The van der Waals surface area contributed by atoms with Crippen molar-refractivity contribution in [2.45, 2.75) is 13.1 Å². The second-order valence-corrected chi connectivity index (χ2v) is 6.71. The van der Waals surface area contributed by atoms with Crippen molar-refractivity contribution in [2.24, 2.45) is 0 Å². The summed E-state index contributed by atoms with van der Waals surface area (Å²) in [6.07, 6.45) is 0. The number of aromatic hydroxyl groups is 1. The van der Waals surface area contributed by atoms with Gasteiger partial charge in [-0.3, -0.25) is 0 Å². The van der Waals surface area contributed by atoms with Crippen molar-refractivity contribution in [3.63, 3.8) is 0 Å². The molecule has 0 unspecified atom stereocenters. The second kappa shape index (κ2) is 8.40. The number of methoxy groups -OCH3 is 1. The molecule has 0 aliphatic rings. The number of hydrogen-bond acceptors (Lipinski definition) is 3. The van der Waals surface area contributed by atoms with Gasteiger partial charge in [0.15, 0.2) is 16.6 Å². The van der Waals surface area contributed by atoms with Gasteiger partial charge in [0.05, 0.1) is 7.11 Å². The number of ether oxygens (including phenoxy) is 1. The van der Waals surface area contributed by atoms with E-state index in [0.29, 0.717) is 24.0 Å². The van der Waals surface area contributed by atoms with Gasteiger partial charge in [-0.2, -0.15) is 0 Å². The Labute approximate surface area is 156 Å². The van der Waals surface area contributed by atoms with E-state index in [1.165, 1.54) is 18.1 Å². The molecule has 2 aromatic rings. The molecular weight excluding hydrogens is 422 g/mol. The van der Waals surface area contributed by atoms with Crippen molar-refractivity contribution < 1.29 is 9.84 Å². The average molecular weight is 440 g/mol. The highest BCUT2D eigenvalue weighted by Crippen LogP contribution is 2.30. The highest BCUT2D eigenvalue weighted by atomic mass is 127. The van der Waals surface area contributed by atoms with Gasteiger partial charge in [0.2, 0.25) is 0 Å². The number of thiocarbonyl (C=S) groups is 1. The zero-order valence-electron chi connectivity index (χ0n) is 13.0. The first-order chi connectivity index (χ1) is 11.0. The number of benzene rings is 2. The van der Waals surface area contributed by atoms with Crippen LogP contribution >= 0.6 is 34.8 Å². The van der Waals surface area contributed by atoms with E-state index < -0.39 is 0 Å². The summed E-state index contributed by atoms with van der Waals surface area (Å²) in [5, 5.41) is 16.7. The van der Waals surface area contributed by atoms with Crippen LogP contribution in [0.5, 0.6) is 11.5 Å². The van der Waals surface area contributed by atoms with Crippen LogP contribution < -0.4 is 20.8 Å². The Kier molecular flexibility index (Phi) is 6.53. The van der Waals surface area contributed by atoms with Crippen molar-refractivity contribution in [3.8, 4) is 11.5 Å². The molecule has 23 heavy (non-hydrogen) atoms. The molecule has 0 fully saturated rings. The van der Waals surface area contributed by atoms with Crippen molar-refractivity contribution in [2.75, 3.05) is 7.11 Å². The minimum Gasteiger partial charge on any atom is -0.504 e. The smallest absolute Gasteiger partial charge is 0.166 e. The number of phenolic OH excluding ortho intramolecular Hbond substituents is 1. The van der Waals surface area contributed by atoms with E-state index in [0.717, 1.165) is 9.13 Å². The molecule has 0 amide bonds. The minimum atomic E-state index is 0.140. The molecule has 7 heteroatoms.